The fourth-order valence-electron chi connectivity index (χ4n) is 3.00. The minimum absolute atomic E-state index is 0.120. The maximum absolute atomic E-state index is 12.8. The molecule has 1 aliphatic heterocycles. The fraction of sp³-hybridized carbons (Fsp3) is 0.688. The van der Waals surface area contributed by atoms with E-state index in [1.807, 2.05) is 14.0 Å². The SMILES string of the molecule is CNC1CC(C)=Nc2c1c(=O)n(CCCC[C@@H](C)O)c(=O)n2C. The number of hydrogen-bond acceptors (Lipinski definition) is 5. The zero-order valence-electron chi connectivity index (χ0n) is 14.3. The Kier molecular flexibility index (Phi) is 5.54. The van der Waals surface area contributed by atoms with E-state index in [4.69, 9.17) is 0 Å². The molecule has 0 saturated heterocycles. The summed E-state index contributed by atoms with van der Waals surface area (Å²) in [6.45, 7) is 4.01. The number of aromatic nitrogens is 2. The van der Waals surface area contributed by atoms with Crippen molar-refractivity contribution >= 4 is 11.5 Å². The van der Waals surface area contributed by atoms with Crippen LogP contribution in [-0.2, 0) is 13.6 Å². The van der Waals surface area contributed by atoms with Gasteiger partial charge >= 0.3 is 5.69 Å². The maximum Gasteiger partial charge on any atom is 0.332 e. The van der Waals surface area contributed by atoms with Crippen LogP contribution in [0.1, 0.15) is 51.1 Å². The van der Waals surface area contributed by atoms with Crippen LogP contribution in [0.15, 0.2) is 14.6 Å². The Morgan fingerprint density at radius 3 is 2.70 bits per heavy atom. The number of hydrogen-bond donors (Lipinski definition) is 2. The summed E-state index contributed by atoms with van der Waals surface area (Å²) in [5.41, 5.74) is 0.881. The van der Waals surface area contributed by atoms with Crippen molar-refractivity contribution in [1.29, 1.82) is 0 Å². The summed E-state index contributed by atoms with van der Waals surface area (Å²) in [5.74, 6) is 0.461. The minimum Gasteiger partial charge on any atom is -0.393 e. The molecule has 0 bridgehead atoms. The number of nitrogens with one attached hydrogen (secondary N) is 1. The molecule has 0 aromatic carbocycles. The largest absolute Gasteiger partial charge is 0.393 e. The highest BCUT2D eigenvalue weighted by molar-refractivity contribution is 5.87. The van der Waals surface area contributed by atoms with Crippen LogP contribution >= 0.6 is 0 Å². The molecule has 128 valence electrons. The second-order valence-electron chi connectivity index (χ2n) is 6.27. The number of aliphatic imine (C=N–C) groups is 1. The molecular formula is C16H26N4O3. The van der Waals surface area contributed by atoms with E-state index in [-0.39, 0.29) is 23.4 Å². The molecular weight excluding hydrogens is 296 g/mol. The van der Waals surface area contributed by atoms with Gasteiger partial charge in [-0.05, 0) is 40.2 Å². The number of unbranched alkanes of at least 4 members (excludes halogenated alkanes) is 1. The van der Waals surface area contributed by atoms with Gasteiger partial charge in [0, 0.05) is 31.8 Å². The predicted octanol–water partition coefficient (Wildman–Crippen LogP) is 0.855. The zero-order valence-corrected chi connectivity index (χ0v) is 14.3. The van der Waals surface area contributed by atoms with Gasteiger partial charge in [-0.1, -0.05) is 0 Å². The van der Waals surface area contributed by atoms with E-state index < -0.39 is 0 Å². The quantitative estimate of drug-likeness (QED) is 0.760. The third kappa shape index (κ3) is 3.61. The Hall–Kier alpha value is -1.73. The van der Waals surface area contributed by atoms with E-state index in [0.717, 1.165) is 12.1 Å². The molecule has 0 amide bonds. The van der Waals surface area contributed by atoms with Crippen molar-refractivity contribution in [1.82, 2.24) is 14.5 Å². The second kappa shape index (κ2) is 7.23. The number of fused-ring (bicyclic) bond motifs is 1. The zero-order chi connectivity index (χ0) is 17.1. The lowest BCUT2D eigenvalue weighted by Gasteiger charge is -2.24. The van der Waals surface area contributed by atoms with Crippen molar-refractivity contribution in [3.63, 3.8) is 0 Å². The van der Waals surface area contributed by atoms with Gasteiger partial charge in [0.05, 0.1) is 11.7 Å². The fourth-order valence-corrected chi connectivity index (χ4v) is 3.00. The Morgan fingerprint density at radius 1 is 1.39 bits per heavy atom. The van der Waals surface area contributed by atoms with Crippen molar-refractivity contribution in [3.8, 4) is 0 Å². The van der Waals surface area contributed by atoms with Gasteiger partial charge in [-0.3, -0.25) is 13.9 Å². The van der Waals surface area contributed by atoms with Gasteiger partial charge in [0.1, 0.15) is 5.82 Å². The van der Waals surface area contributed by atoms with Gasteiger partial charge in [0.25, 0.3) is 5.56 Å². The highest BCUT2D eigenvalue weighted by Gasteiger charge is 2.27. The van der Waals surface area contributed by atoms with Crippen LogP contribution in [0.4, 0.5) is 5.82 Å². The van der Waals surface area contributed by atoms with Crippen LogP contribution in [0.3, 0.4) is 0 Å². The predicted molar refractivity (Wildman–Crippen MR) is 90.7 cm³/mol. The summed E-state index contributed by atoms with van der Waals surface area (Å²) < 4.78 is 2.75. The molecule has 7 heteroatoms. The molecule has 2 N–H and O–H groups in total. The monoisotopic (exact) mass is 322 g/mol. The van der Waals surface area contributed by atoms with Crippen LogP contribution in [-0.4, -0.2) is 33.1 Å². The van der Waals surface area contributed by atoms with E-state index in [0.29, 0.717) is 37.2 Å². The Morgan fingerprint density at radius 2 is 2.09 bits per heavy atom. The van der Waals surface area contributed by atoms with Gasteiger partial charge in [0.2, 0.25) is 0 Å². The molecule has 0 radical (unpaired) electrons. The van der Waals surface area contributed by atoms with Crippen LogP contribution in [0, 0.1) is 0 Å². The summed E-state index contributed by atoms with van der Waals surface area (Å²) in [6.07, 6.45) is 2.44. The molecule has 1 aromatic heterocycles. The van der Waals surface area contributed by atoms with Crippen LogP contribution in [0.25, 0.3) is 0 Å². The van der Waals surface area contributed by atoms with E-state index in [1.54, 1.807) is 14.0 Å². The topological polar surface area (TPSA) is 88.6 Å². The Labute approximate surface area is 135 Å². The summed E-state index contributed by atoms with van der Waals surface area (Å²) in [7, 11) is 3.46. The molecule has 2 atom stereocenters. The van der Waals surface area contributed by atoms with Crippen LogP contribution in [0.5, 0.6) is 0 Å². The number of aliphatic hydroxyl groups excluding tert-OH is 1. The second-order valence-corrected chi connectivity index (χ2v) is 6.27. The molecule has 2 rings (SSSR count). The first-order chi connectivity index (χ1) is 10.9. The van der Waals surface area contributed by atoms with Crippen molar-refractivity contribution < 1.29 is 5.11 Å². The first-order valence-electron chi connectivity index (χ1n) is 8.10. The standard InChI is InChI=1S/C16H26N4O3/c1-10-9-12(17-3)13-14(18-10)19(4)16(23)20(15(13)22)8-6-5-7-11(2)21/h11-12,17,21H,5-9H2,1-4H3/t11-,12?/m1/s1. The summed E-state index contributed by atoms with van der Waals surface area (Å²) in [5, 5.41) is 12.4. The van der Waals surface area contributed by atoms with Gasteiger partial charge in [0.15, 0.2) is 0 Å². The smallest absolute Gasteiger partial charge is 0.332 e. The molecule has 0 aliphatic carbocycles. The van der Waals surface area contributed by atoms with E-state index in [1.165, 1.54) is 9.13 Å². The summed E-state index contributed by atoms with van der Waals surface area (Å²) in [6, 6.07) is -0.120. The Balaban J connectivity index is 2.41. The molecule has 1 aromatic rings. The van der Waals surface area contributed by atoms with Gasteiger partial charge in [-0.2, -0.15) is 0 Å². The third-order valence-electron chi connectivity index (χ3n) is 4.30. The van der Waals surface area contributed by atoms with Crippen LogP contribution < -0.4 is 16.6 Å². The van der Waals surface area contributed by atoms with Gasteiger partial charge in [-0.15, -0.1) is 0 Å². The number of rotatable bonds is 6. The summed E-state index contributed by atoms with van der Waals surface area (Å²) in [4.78, 5) is 29.7. The highest BCUT2D eigenvalue weighted by atomic mass is 16.3. The van der Waals surface area contributed by atoms with E-state index in [9.17, 15) is 14.7 Å². The van der Waals surface area contributed by atoms with Gasteiger partial charge in [-0.25, -0.2) is 9.79 Å². The Bertz CT molecular complexity index is 715. The number of nitrogens with zero attached hydrogens (tertiary/aromatic N) is 3. The number of aliphatic hydroxyl groups is 1. The first-order valence-corrected chi connectivity index (χ1v) is 8.10. The molecule has 7 nitrogen and oxygen atoms in total. The third-order valence-corrected chi connectivity index (χ3v) is 4.30. The van der Waals surface area contributed by atoms with E-state index >= 15 is 0 Å². The van der Waals surface area contributed by atoms with Crippen molar-refractivity contribution in [3.05, 3.63) is 26.4 Å². The lowest BCUT2D eigenvalue weighted by molar-refractivity contribution is 0.180. The van der Waals surface area contributed by atoms with E-state index in [2.05, 4.69) is 10.3 Å². The average Bonchev–Trinajstić information content (AvgIpc) is 2.50. The molecule has 2 heterocycles. The molecule has 1 unspecified atom stereocenters. The van der Waals surface area contributed by atoms with Gasteiger partial charge < -0.3 is 10.4 Å². The maximum atomic E-state index is 12.8. The molecule has 0 fully saturated rings. The molecule has 0 saturated carbocycles. The average molecular weight is 322 g/mol. The molecule has 1 aliphatic rings. The highest BCUT2D eigenvalue weighted by Crippen LogP contribution is 2.28. The normalized spacial score (nSPS) is 18.5. The molecule has 23 heavy (non-hydrogen) atoms. The lowest BCUT2D eigenvalue weighted by atomic mass is 10.00. The van der Waals surface area contributed by atoms with Crippen molar-refractivity contribution in [2.75, 3.05) is 7.05 Å². The minimum atomic E-state index is -0.357. The summed E-state index contributed by atoms with van der Waals surface area (Å²) >= 11 is 0. The van der Waals surface area contributed by atoms with Crippen molar-refractivity contribution in [2.45, 2.75) is 58.2 Å². The molecule has 0 spiro atoms. The lowest BCUT2D eigenvalue weighted by Crippen LogP contribution is -2.44. The van der Waals surface area contributed by atoms with Crippen LogP contribution in [0.2, 0.25) is 0 Å². The first kappa shape index (κ1) is 17.6. The van der Waals surface area contributed by atoms with Crippen molar-refractivity contribution in [2.24, 2.45) is 12.0 Å².